The van der Waals surface area contributed by atoms with E-state index in [2.05, 4.69) is 112 Å². The number of allylic oxidation sites excluding steroid dienone is 4. The molecule has 0 heterocycles. The molecule has 0 nitrogen and oxygen atoms in total. The maximum absolute atomic E-state index is 2.48. The van der Waals surface area contributed by atoms with Crippen molar-refractivity contribution < 1.29 is 51.0 Å². The predicted molar refractivity (Wildman–Crippen MR) is 139 cm³/mol. The molecule has 3 heteroatoms. The van der Waals surface area contributed by atoms with Gasteiger partial charge in [0.25, 0.3) is 0 Å². The zero-order chi connectivity index (χ0) is 22.9. The van der Waals surface area contributed by atoms with Crippen molar-refractivity contribution in [1.29, 1.82) is 0 Å². The zero-order valence-corrected chi connectivity index (χ0v) is 26.5. The van der Waals surface area contributed by atoms with Gasteiger partial charge in [-0.2, -0.15) is 0 Å². The van der Waals surface area contributed by atoms with E-state index < -0.39 is 0 Å². The Kier molecular flexibility index (Phi) is 9.49. The molecule has 0 saturated heterocycles. The van der Waals surface area contributed by atoms with Crippen molar-refractivity contribution in [3.05, 3.63) is 70.3 Å². The minimum atomic E-state index is 0. The molecule has 0 N–H and O–H groups in total. The van der Waals surface area contributed by atoms with Gasteiger partial charge < -0.3 is 24.8 Å². The molecule has 4 rings (SSSR count). The van der Waals surface area contributed by atoms with Crippen LogP contribution in [0.4, 0.5) is 0 Å². The van der Waals surface area contributed by atoms with E-state index in [0.717, 1.165) is 6.42 Å². The Balaban J connectivity index is 0.00000193. The summed E-state index contributed by atoms with van der Waals surface area (Å²) in [4.78, 5) is 0. The quantitative estimate of drug-likeness (QED) is 0.392. The Bertz CT molecular complexity index is 1250. The first kappa shape index (κ1) is 31.3. The van der Waals surface area contributed by atoms with Gasteiger partial charge in [-0.15, -0.1) is 33.7 Å². The van der Waals surface area contributed by atoms with Crippen molar-refractivity contribution in [3.8, 4) is 0 Å². The summed E-state index contributed by atoms with van der Waals surface area (Å²) in [6, 6.07) is 14.4. The maximum atomic E-state index is 2.48. The Morgan fingerprint density at radius 2 is 1.26 bits per heavy atom. The Morgan fingerprint density at radius 1 is 0.706 bits per heavy atom. The topological polar surface area (TPSA) is 0 Å². The third-order valence-corrected chi connectivity index (χ3v) is 7.08. The normalized spacial score (nSPS) is 14.6. The molecule has 1 radical (unpaired) electrons. The molecule has 0 aliphatic heterocycles. The van der Waals surface area contributed by atoms with Gasteiger partial charge in [0, 0.05) is 0 Å². The molecule has 181 valence electrons. The molecule has 0 spiro atoms. The van der Waals surface area contributed by atoms with Gasteiger partial charge >= 0.3 is 26.2 Å². The van der Waals surface area contributed by atoms with Crippen molar-refractivity contribution in [2.24, 2.45) is 5.41 Å². The van der Waals surface area contributed by atoms with Crippen LogP contribution in [0.1, 0.15) is 92.3 Å². The van der Waals surface area contributed by atoms with Crippen LogP contribution >= 0.6 is 0 Å². The molecule has 0 unspecified atom stereocenters. The molecule has 0 bridgehead atoms. The molecule has 1 aliphatic rings. The Hall–Kier alpha value is -0.747. The van der Waals surface area contributed by atoms with Gasteiger partial charge in [0.2, 0.25) is 0 Å². The smallest absolute Gasteiger partial charge is 1.00 e. The summed E-state index contributed by atoms with van der Waals surface area (Å²) >= 11 is 0. The first-order chi connectivity index (χ1) is 14.2. The van der Waals surface area contributed by atoms with Gasteiger partial charge in [-0.3, -0.25) is 0 Å². The van der Waals surface area contributed by atoms with E-state index >= 15 is 0 Å². The first-order valence-corrected chi connectivity index (χ1v) is 11.8. The first-order valence-electron chi connectivity index (χ1n) is 11.8. The van der Waals surface area contributed by atoms with Crippen LogP contribution in [0, 0.1) is 5.41 Å². The van der Waals surface area contributed by atoms with Crippen molar-refractivity contribution >= 4 is 27.1 Å². The molecular weight excluding hydrogens is 534 g/mol. The zero-order valence-electron chi connectivity index (χ0n) is 22.5. The van der Waals surface area contributed by atoms with Crippen LogP contribution in [0.5, 0.6) is 0 Å². The fourth-order valence-corrected chi connectivity index (χ4v) is 4.77. The molecule has 0 amide bonds. The summed E-state index contributed by atoms with van der Waals surface area (Å²) < 4.78 is 0. The van der Waals surface area contributed by atoms with Crippen molar-refractivity contribution in [1.82, 2.24) is 0 Å². The molecule has 3 aromatic carbocycles. The summed E-state index contributed by atoms with van der Waals surface area (Å²) in [6.07, 6.45) is 3.50. The molecule has 0 atom stereocenters. The number of hydrogen-bond acceptors (Lipinski definition) is 0. The molecule has 3 aromatic rings. The maximum Gasteiger partial charge on any atom is 3.00 e. The standard InChI is InChI=1S/C31H39.2ClH.Zr/c1-19-13-22(30(5,6)7)16-24(19)27-17-23(31(8,9)10)18-28-25-15-21(29(2,3)4)12-11-20(25)14-26(27)28;;;/h11-15,17-18H,16H2,1-10H3;2*1H;/q-1;;;+3/p-2. The summed E-state index contributed by atoms with van der Waals surface area (Å²) in [5.74, 6) is 0. The second kappa shape index (κ2) is 10.3. The molecule has 0 fully saturated rings. The van der Waals surface area contributed by atoms with Crippen LogP contribution in [0.3, 0.4) is 0 Å². The van der Waals surface area contributed by atoms with E-state index in [1.165, 1.54) is 49.4 Å². The van der Waals surface area contributed by atoms with Gasteiger partial charge in [-0.1, -0.05) is 126 Å². The van der Waals surface area contributed by atoms with Crippen LogP contribution in [0.25, 0.3) is 27.1 Å². The van der Waals surface area contributed by atoms with E-state index in [4.69, 9.17) is 0 Å². The van der Waals surface area contributed by atoms with Gasteiger partial charge in [0.05, 0.1) is 0 Å². The van der Waals surface area contributed by atoms with Gasteiger partial charge in [-0.25, -0.2) is 0 Å². The average Bonchev–Trinajstić information content (AvgIpc) is 3.19. The van der Waals surface area contributed by atoms with Gasteiger partial charge in [0.1, 0.15) is 0 Å². The molecule has 0 aromatic heterocycles. The second-order valence-electron chi connectivity index (χ2n) is 12.7. The summed E-state index contributed by atoms with van der Waals surface area (Å²) in [5.41, 5.74) is 9.22. The third-order valence-electron chi connectivity index (χ3n) is 7.08. The van der Waals surface area contributed by atoms with Gasteiger partial charge in [0.15, 0.2) is 0 Å². The summed E-state index contributed by atoms with van der Waals surface area (Å²) in [7, 11) is 0. The SMILES string of the molecule is CC1=C(c2cc(C(C)(C)C)cc3c2[cH-]c2ccc(C(C)(C)C)cc23)CC(C(C)(C)C)=C1.[Cl-].[Cl-].[Zr+3]. The second-order valence-corrected chi connectivity index (χ2v) is 12.7. The van der Waals surface area contributed by atoms with E-state index in [0.29, 0.717) is 0 Å². The van der Waals surface area contributed by atoms with E-state index in [9.17, 15) is 0 Å². The monoisotopic (exact) mass is 571 g/mol. The number of halogens is 2. The van der Waals surface area contributed by atoms with Crippen LogP contribution in [-0.2, 0) is 37.0 Å². The summed E-state index contributed by atoms with van der Waals surface area (Å²) in [6.45, 7) is 23.2. The van der Waals surface area contributed by atoms with E-state index in [1.807, 2.05) is 0 Å². The number of rotatable bonds is 1. The largest absolute Gasteiger partial charge is 3.00 e. The number of fused-ring (bicyclic) bond motifs is 3. The van der Waals surface area contributed by atoms with Gasteiger partial charge in [-0.05, 0) is 29.6 Å². The van der Waals surface area contributed by atoms with Crippen molar-refractivity contribution in [2.75, 3.05) is 0 Å². The van der Waals surface area contributed by atoms with Crippen LogP contribution in [-0.4, -0.2) is 0 Å². The molecule has 34 heavy (non-hydrogen) atoms. The van der Waals surface area contributed by atoms with Crippen molar-refractivity contribution in [2.45, 2.75) is 86.5 Å². The number of hydrogen-bond donors (Lipinski definition) is 0. The number of benzene rings is 2. The Labute approximate surface area is 239 Å². The van der Waals surface area contributed by atoms with Crippen LogP contribution in [0.2, 0.25) is 0 Å². The molecular formula is C31H39Cl2Zr. The third kappa shape index (κ3) is 5.80. The van der Waals surface area contributed by atoms with E-state index in [1.54, 1.807) is 5.57 Å². The van der Waals surface area contributed by atoms with Crippen molar-refractivity contribution in [3.63, 3.8) is 0 Å². The average molecular weight is 574 g/mol. The van der Waals surface area contributed by atoms with Crippen LogP contribution < -0.4 is 24.8 Å². The predicted octanol–water partition coefficient (Wildman–Crippen LogP) is 3.46. The minimum absolute atomic E-state index is 0. The molecule has 0 saturated carbocycles. The summed E-state index contributed by atoms with van der Waals surface area (Å²) in [5, 5.41) is 5.57. The fourth-order valence-electron chi connectivity index (χ4n) is 4.77. The molecule has 1 aliphatic carbocycles. The van der Waals surface area contributed by atoms with E-state index in [-0.39, 0.29) is 67.3 Å². The van der Waals surface area contributed by atoms with Crippen LogP contribution in [0.15, 0.2) is 53.6 Å². The Morgan fingerprint density at radius 3 is 1.76 bits per heavy atom. The minimum Gasteiger partial charge on any atom is -1.00 e. The fraction of sp³-hybridized carbons (Fsp3) is 0.452.